The van der Waals surface area contributed by atoms with Crippen molar-refractivity contribution >= 4 is 10.9 Å². The van der Waals surface area contributed by atoms with E-state index in [2.05, 4.69) is 29.1 Å². The largest absolute Gasteiger partial charge is 0.309 e. The van der Waals surface area contributed by atoms with Crippen LogP contribution < -0.4 is 10.9 Å². The van der Waals surface area contributed by atoms with Gasteiger partial charge >= 0.3 is 0 Å². The highest BCUT2D eigenvalue weighted by Crippen LogP contribution is 2.11. The number of nitrogens with zero attached hydrogens (tertiary/aromatic N) is 1. The fourth-order valence-corrected chi connectivity index (χ4v) is 1.93. The molecule has 0 aliphatic heterocycles. The van der Waals surface area contributed by atoms with Gasteiger partial charge in [0.2, 0.25) is 0 Å². The molecule has 96 valence electrons. The lowest BCUT2D eigenvalue weighted by atomic mass is 10.2. The minimum absolute atomic E-state index is 0.0391. The maximum Gasteiger partial charge on any atom is 0.258 e. The molecule has 2 rings (SSSR count). The van der Waals surface area contributed by atoms with Gasteiger partial charge in [-0.05, 0) is 32.4 Å². The summed E-state index contributed by atoms with van der Waals surface area (Å²) in [5, 5.41) is 4.04. The summed E-state index contributed by atoms with van der Waals surface area (Å²) in [7, 11) is 0. The molecule has 2 aromatic rings. The number of hydrogen-bond donors (Lipinski definition) is 2. The molecule has 4 heteroatoms. The van der Waals surface area contributed by atoms with Gasteiger partial charge < -0.3 is 10.3 Å². The Morgan fingerprint density at radius 1 is 1.33 bits per heavy atom. The van der Waals surface area contributed by atoms with Crippen molar-refractivity contribution < 1.29 is 0 Å². The van der Waals surface area contributed by atoms with Crippen LogP contribution >= 0.6 is 0 Å². The first-order valence-corrected chi connectivity index (χ1v) is 6.36. The zero-order valence-electron chi connectivity index (χ0n) is 11.0. The molecule has 0 saturated heterocycles. The molecule has 0 bridgehead atoms. The highest BCUT2D eigenvalue weighted by atomic mass is 16.1. The molecule has 0 unspecified atom stereocenters. The highest BCUT2D eigenvalue weighted by Gasteiger charge is 2.12. The van der Waals surface area contributed by atoms with Crippen LogP contribution in [0.2, 0.25) is 0 Å². The van der Waals surface area contributed by atoms with Gasteiger partial charge in [-0.1, -0.05) is 19.1 Å². The number of rotatable bonds is 4. The summed E-state index contributed by atoms with van der Waals surface area (Å²) in [5.41, 5.74) is 0.669. The summed E-state index contributed by atoms with van der Waals surface area (Å²) in [4.78, 5) is 19.3. The predicted molar refractivity (Wildman–Crippen MR) is 73.7 cm³/mol. The van der Waals surface area contributed by atoms with Gasteiger partial charge in [0, 0.05) is 6.04 Å². The first-order valence-electron chi connectivity index (χ1n) is 6.36. The van der Waals surface area contributed by atoms with Gasteiger partial charge in [-0.3, -0.25) is 4.79 Å². The zero-order valence-corrected chi connectivity index (χ0v) is 11.0. The topological polar surface area (TPSA) is 57.8 Å². The molecule has 4 nitrogen and oxygen atoms in total. The quantitative estimate of drug-likeness (QED) is 0.869. The lowest BCUT2D eigenvalue weighted by Crippen LogP contribution is -2.30. The molecule has 0 fully saturated rings. The van der Waals surface area contributed by atoms with E-state index in [0.29, 0.717) is 17.3 Å². The van der Waals surface area contributed by atoms with Gasteiger partial charge in [0.15, 0.2) is 0 Å². The normalized spacial score (nSPS) is 14.6. The molecule has 2 atom stereocenters. The minimum Gasteiger partial charge on any atom is -0.309 e. The van der Waals surface area contributed by atoms with E-state index in [4.69, 9.17) is 0 Å². The average Bonchev–Trinajstić information content (AvgIpc) is 2.38. The summed E-state index contributed by atoms with van der Waals surface area (Å²) in [6, 6.07) is 7.83. The van der Waals surface area contributed by atoms with Crippen molar-refractivity contribution in [2.75, 3.05) is 0 Å². The molecule has 0 radical (unpaired) electrons. The Labute approximate surface area is 106 Å². The monoisotopic (exact) mass is 245 g/mol. The van der Waals surface area contributed by atoms with Crippen LogP contribution in [0.4, 0.5) is 0 Å². The lowest BCUT2D eigenvalue weighted by molar-refractivity contribution is 0.455. The van der Waals surface area contributed by atoms with Crippen LogP contribution in [0.5, 0.6) is 0 Å². The molecule has 18 heavy (non-hydrogen) atoms. The molecule has 1 heterocycles. The van der Waals surface area contributed by atoms with E-state index in [0.717, 1.165) is 11.9 Å². The molecule has 2 N–H and O–H groups in total. The third kappa shape index (κ3) is 2.59. The first kappa shape index (κ1) is 12.8. The van der Waals surface area contributed by atoms with Crippen molar-refractivity contribution in [1.29, 1.82) is 0 Å². The summed E-state index contributed by atoms with van der Waals surface area (Å²) in [6.07, 6.45) is 1.04. The summed E-state index contributed by atoms with van der Waals surface area (Å²) in [6.45, 7) is 6.26. The number of benzene rings is 1. The Kier molecular flexibility index (Phi) is 3.77. The molecule has 0 aliphatic rings. The zero-order chi connectivity index (χ0) is 13.1. The van der Waals surface area contributed by atoms with Crippen LogP contribution in [0.1, 0.15) is 39.1 Å². The molecule has 0 aliphatic carbocycles. The average molecular weight is 245 g/mol. The van der Waals surface area contributed by atoms with E-state index in [9.17, 15) is 4.79 Å². The van der Waals surface area contributed by atoms with E-state index in [1.807, 2.05) is 25.1 Å². The Bertz CT molecular complexity index is 591. The van der Waals surface area contributed by atoms with E-state index in [1.165, 1.54) is 0 Å². The Balaban J connectivity index is 2.37. The maximum absolute atomic E-state index is 11.9. The summed E-state index contributed by atoms with van der Waals surface area (Å²) < 4.78 is 0. The van der Waals surface area contributed by atoms with Crippen LogP contribution in [0.3, 0.4) is 0 Å². The maximum atomic E-state index is 11.9. The number of fused-ring (bicyclic) bond motifs is 1. The van der Waals surface area contributed by atoms with E-state index < -0.39 is 0 Å². The number of aromatic nitrogens is 2. The predicted octanol–water partition coefficient (Wildman–Crippen LogP) is 2.37. The molecule has 0 saturated carbocycles. The van der Waals surface area contributed by atoms with Crippen LogP contribution in [0.15, 0.2) is 29.1 Å². The Hall–Kier alpha value is -1.68. The standard InChI is InChI=1S/C14H19N3O/c1-4-9(2)15-10(3)13-16-12-8-6-5-7-11(12)14(18)17-13/h5-10,15H,4H2,1-3H3,(H,16,17,18)/t9-,10-/m0/s1. The van der Waals surface area contributed by atoms with E-state index in [1.54, 1.807) is 6.07 Å². The first-order chi connectivity index (χ1) is 8.61. The molecular formula is C14H19N3O. The number of hydrogen-bond acceptors (Lipinski definition) is 3. The molecule has 0 spiro atoms. The van der Waals surface area contributed by atoms with Crippen molar-refractivity contribution in [2.45, 2.75) is 39.3 Å². The van der Waals surface area contributed by atoms with Crippen molar-refractivity contribution in [1.82, 2.24) is 15.3 Å². The van der Waals surface area contributed by atoms with Gasteiger partial charge in [0.05, 0.1) is 16.9 Å². The Morgan fingerprint density at radius 2 is 2.06 bits per heavy atom. The van der Waals surface area contributed by atoms with Crippen molar-refractivity contribution in [2.24, 2.45) is 0 Å². The Morgan fingerprint density at radius 3 is 2.78 bits per heavy atom. The molecule has 1 aromatic heterocycles. The van der Waals surface area contributed by atoms with Crippen molar-refractivity contribution in [3.63, 3.8) is 0 Å². The number of H-pyrrole nitrogens is 1. The van der Waals surface area contributed by atoms with Crippen LogP contribution in [-0.2, 0) is 0 Å². The van der Waals surface area contributed by atoms with E-state index >= 15 is 0 Å². The number of nitrogens with one attached hydrogen (secondary N) is 2. The summed E-state index contributed by atoms with van der Waals surface area (Å²) >= 11 is 0. The summed E-state index contributed by atoms with van der Waals surface area (Å²) in [5.74, 6) is 0.694. The smallest absolute Gasteiger partial charge is 0.258 e. The fraction of sp³-hybridized carbons (Fsp3) is 0.429. The lowest BCUT2D eigenvalue weighted by Gasteiger charge is -2.18. The molecule has 1 aromatic carbocycles. The third-order valence-electron chi connectivity index (χ3n) is 3.19. The van der Waals surface area contributed by atoms with Gasteiger partial charge in [0.25, 0.3) is 5.56 Å². The van der Waals surface area contributed by atoms with Crippen molar-refractivity contribution in [3.8, 4) is 0 Å². The van der Waals surface area contributed by atoms with E-state index in [-0.39, 0.29) is 11.6 Å². The van der Waals surface area contributed by atoms with Crippen LogP contribution in [0.25, 0.3) is 10.9 Å². The van der Waals surface area contributed by atoms with Gasteiger partial charge in [-0.25, -0.2) is 4.98 Å². The fourth-order valence-electron chi connectivity index (χ4n) is 1.93. The SMILES string of the molecule is CC[C@H](C)N[C@@H](C)c1nc2ccccc2c(=O)[nH]1. The van der Waals surface area contributed by atoms with Gasteiger partial charge in [-0.15, -0.1) is 0 Å². The minimum atomic E-state index is -0.0756. The third-order valence-corrected chi connectivity index (χ3v) is 3.19. The second-order valence-electron chi connectivity index (χ2n) is 4.67. The van der Waals surface area contributed by atoms with Crippen LogP contribution in [0, 0.1) is 0 Å². The van der Waals surface area contributed by atoms with Crippen LogP contribution in [-0.4, -0.2) is 16.0 Å². The van der Waals surface area contributed by atoms with Crippen molar-refractivity contribution in [3.05, 3.63) is 40.4 Å². The van der Waals surface area contributed by atoms with Gasteiger partial charge in [0.1, 0.15) is 5.82 Å². The second kappa shape index (κ2) is 5.31. The highest BCUT2D eigenvalue weighted by molar-refractivity contribution is 5.77. The number of para-hydroxylation sites is 1. The molecule has 0 amide bonds. The molecular weight excluding hydrogens is 226 g/mol. The second-order valence-corrected chi connectivity index (χ2v) is 4.67. The van der Waals surface area contributed by atoms with Gasteiger partial charge in [-0.2, -0.15) is 0 Å². The number of aromatic amines is 1.